The third kappa shape index (κ3) is 2.98. The molecule has 0 bridgehead atoms. The molecule has 2 saturated heterocycles. The monoisotopic (exact) mass is 333 g/mol. The number of likely N-dealkylation sites (tertiary alicyclic amines) is 2. The Balaban J connectivity index is 1.24. The standard InChI is InChI=1S/C19H31N3S/c1-4-18-20-11-17(23-18)15-5-7-21(8-6-15)16-9-19(10-16)12-22(13-19)14(2)3/h11,14-16H,4-10,12-13H2,1-3H3. The molecule has 3 aliphatic rings. The summed E-state index contributed by atoms with van der Waals surface area (Å²) >= 11 is 1.95. The number of aromatic nitrogens is 1. The Labute approximate surface area is 145 Å². The van der Waals surface area contributed by atoms with Crippen molar-refractivity contribution >= 4 is 11.3 Å². The van der Waals surface area contributed by atoms with Gasteiger partial charge < -0.3 is 4.90 Å². The van der Waals surface area contributed by atoms with E-state index in [9.17, 15) is 0 Å². The van der Waals surface area contributed by atoms with Crippen molar-refractivity contribution in [3.8, 4) is 0 Å². The molecule has 0 atom stereocenters. The highest BCUT2D eigenvalue weighted by atomic mass is 32.1. The van der Waals surface area contributed by atoms with Crippen LogP contribution in [0.2, 0.25) is 0 Å². The van der Waals surface area contributed by atoms with E-state index in [1.807, 2.05) is 11.3 Å². The second-order valence-electron chi connectivity index (χ2n) is 8.38. The SMILES string of the molecule is CCc1ncc(C2CCN(C3CC4(C3)CN(C(C)C)C4)CC2)s1. The van der Waals surface area contributed by atoms with E-state index in [1.165, 1.54) is 61.7 Å². The van der Waals surface area contributed by atoms with Gasteiger partial charge in [-0.1, -0.05) is 6.92 Å². The smallest absolute Gasteiger partial charge is 0.0925 e. The van der Waals surface area contributed by atoms with Gasteiger partial charge in [-0.2, -0.15) is 0 Å². The van der Waals surface area contributed by atoms with Crippen molar-refractivity contribution in [2.24, 2.45) is 5.41 Å². The molecule has 0 amide bonds. The third-order valence-corrected chi connectivity index (χ3v) is 7.77. The summed E-state index contributed by atoms with van der Waals surface area (Å²) in [7, 11) is 0. The molecule has 1 saturated carbocycles. The lowest BCUT2D eigenvalue weighted by atomic mass is 9.59. The number of nitrogens with zero attached hydrogens (tertiary/aromatic N) is 3. The van der Waals surface area contributed by atoms with Gasteiger partial charge in [-0.25, -0.2) is 4.98 Å². The zero-order chi connectivity index (χ0) is 16.0. The van der Waals surface area contributed by atoms with E-state index in [4.69, 9.17) is 0 Å². The van der Waals surface area contributed by atoms with Crippen molar-refractivity contribution in [2.45, 2.75) is 70.9 Å². The first-order chi connectivity index (χ1) is 11.1. The fourth-order valence-electron chi connectivity index (χ4n) is 4.86. The number of hydrogen-bond donors (Lipinski definition) is 0. The van der Waals surface area contributed by atoms with Crippen LogP contribution in [0.4, 0.5) is 0 Å². The van der Waals surface area contributed by atoms with Crippen LogP contribution >= 0.6 is 11.3 Å². The maximum Gasteiger partial charge on any atom is 0.0925 e. The molecule has 128 valence electrons. The van der Waals surface area contributed by atoms with E-state index in [1.54, 1.807) is 0 Å². The molecule has 0 N–H and O–H groups in total. The van der Waals surface area contributed by atoms with E-state index >= 15 is 0 Å². The first-order valence-corrected chi connectivity index (χ1v) is 10.3. The van der Waals surface area contributed by atoms with E-state index in [0.29, 0.717) is 5.41 Å². The molecule has 2 aliphatic heterocycles. The van der Waals surface area contributed by atoms with Crippen LogP contribution in [0.1, 0.15) is 62.3 Å². The zero-order valence-electron chi connectivity index (χ0n) is 14.9. The first kappa shape index (κ1) is 16.0. The molecule has 0 unspecified atom stereocenters. The number of aryl methyl sites for hydroxylation is 1. The minimum atomic E-state index is 0.708. The molecule has 3 heterocycles. The van der Waals surface area contributed by atoms with Crippen molar-refractivity contribution in [1.29, 1.82) is 0 Å². The first-order valence-electron chi connectivity index (χ1n) is 9.51. The lowest BCUT2D eigenvalue weighted by Crippen LogP contribution is -2.68. The van der Waals surface area contributed by atoms with Crippen molar-refractivity contribution < 1.29 is 0 Å². The van der Waals surface area contributed by atoms with Gasteiger partial charge in [-0.05, 0) is 70.4 Å². The minimum Gasteiger partial charge on any atom is -0.300 e. The summed E-state index contributed by atoms with van der Waals surface area (Å²) in [5.41, 5.74) is 0.708. The topological polar surface area (TPSA) is 19.4 Å². The predicted octanol–water partition coefficient (Wildman–Crippen LogP) is 3.76. The summed E-state index contributed by atoms with van der Waals surface area (Å²) in [6.45, 7) is 12.2. The highest BCUT2D eigenvalue weighted by molar-refractivity contribution is 7.11. The predicted molar refractivity (Wildman–Crippen MR) is 97.2 cm³/mol. The molecule has 23 heavy (non-hydrogen) atoms. The van der Waals surface area contributed by atoms with Gasteiger partial charge in [-0.15, -0.1) is 11.3 Å². The maximum absolute atomic E-state index is 4.55. The Morgan fingerprint density at radius 3 is 2.52 bits per heavy atom. The average Bonchev–Trinajstić information content (AvgIpc) is 2.93. The van der Waals surface area contributed by atoms with Crippen LogP contribution in [-0.2, 0) is 6.42 Å². The number of hydrogen-bond acceptors (Lipinski definition) is 4. The summed E-state index contributed by atoms with van der Waals surface area (Å²) in [6, 6.07) is 1.63. The molecule has 1 aromatic rings. The second-order valence-corrected chi connectivity index (χ2v) is 9.53. The Hall–Kier alpha value is -0.450. The van der Waals surface area contributed by atoms with E-state index in [0.717, 1.165) is 24.4 Å². The van der Waals surface area contributed by atoms with Crippen LogP contribution in [0.15, 0.2) is 6.20 Å². The van der Waals surface area contributed by atoms with Crippen molar-refractivity contribution in [2.75, 3.05) is 26.2 Å². The van der Waals surface area contributed by atoms with Gasteiger partial charge >= 0.3 is 0 Å². The summed E-state index contributed by atoms with van der Waals surface area (Å²) in [5.74, 6) is 0.776. The van der Waals surface area contributed by atoms with Gasteiger partial charge in [0, 0.05) is 36.2 Å². The molecular weight excluding hydrogens is 302 g/mol. The van der Waals surface area contributed by atoms with Gasteiger partial charge in [0.1, 0.15) is 0 Å². The van der Waals surface area contributed by atoms with E-state index in [2.05, 4.69) is 41.8 Å². The summed E-state index contributed by atoms with van der Waals surface area (Å²) in [6.07, 6.45) is 8.83. The highest BCUT2D eigenvalue weighted by Gasteiger charge is 2.54. The van der Waals surface area contributed by atoms with E-state index < -0.39 is 0 Å². The van der Waals surface area contributed by atoms with Crippen LogP contribution in [0.5, 0.6) is 0 Å². The average molecular weight is 334 g/mol. The van der Waals surface area contributed by atoms with Gasteiger partial charge in [0.05, 0.1) is 5.01 Å². The lowest BCUT2D eigenvalue weighted by Gasteiger charge is -2.62. The van der Waals surface area contributed by atoms with Crippen molar-refractivity contribution in [1.82, 2.24) is 14.8 Å². The molecule has 3 fully saturated rings. The van der Waals surface area contributed by atoms with Crippen molar-refractivity contribution in [3.05, 3.63) is 16.1 Å². The Bertz CT molecular complexity index is 531. The molecule has 0 radical (unpaired) electrons. The Morgan fingerprint density at radius 2 is 1.96 bits per heavy atom. The van der Waals surface area contributed by atoms with Crippen LogP contribution in [0.3, 0.4) is 0 Å². The number of thiazole rings is 1. The van der Waals surface area contributed by atoms with Gasteiger partial charge in [0.15, 0.2) is 0 Å². The zero-order valence-corrected chi connectivity index (χ0v) is 15.7. The molecule has 4 heteroatoms. The Morgan fingerprint density at radius 1 is 1.26 bits per heavy atom. The van der Waals surface area contributed by atoms with Crippen LogP contribution in [-0.4, -0.2) is 53.0 Å². The largest absolute Gasteiger partial charge is 0.300 e. The van der Waals surface area contributed by atoms with Crippen LogP contribution in [0, 0.1) is 5.41 Å². The van der Waals surface area contributed by atoms with Gasteiger partial charge in [0.2, 0.25) is 0 Å². The molecule has 0 aromatic carbocycles. The fraction of sp³-hybridized carbons (Fsp3) is 0.842. The molecular formula is C19H31N3S. The van der Waals surface area contributed by atoms with Crippen LogP contribution in [0.25, 0.3) is 0 Å². The summed E-state index contributed by atoms with van der Waals surface area (Å²) < 4.78 is 0. The second kappa shape index (κ2) is 6.12. The molecule has 4 rings (SSSR count). The van der Waals surface area contributed by atoms with Crippen molar-refractivity contribution in [3.63, 3.8) is 0 Å². The Kier molecular flexibility index (Phi) is 4.27. The maximum atomic E-state index is 4.55. The lowest BCUT2D eigenvalue weighted by molar-refractivity contribution is -0.122. The molecule has 1 aromatic heterocycles. The molecule has 1 spiro atoms. The van der Waals surface area contributed by atoms with E-state index in [-0.39, 0.29) is 0 Å². The number of piperidine rings is 1. The van der Waals surface area contributed by atoms with Gasteiger partial charge in [0.25, 0.3) is 0 Å². The highest BCUT2D eigenvalue weighted by Crippen LogP contribution is 2.51. The van der Waals surface area contributed by atoms with Gasteiger partial charge in [-0.3, -0.25) is 4.90 Å². The normalized spacial score (nSPS) is 26.6. The molecule has 1 aliphatic carbocycles. The fourth-order valence-corrected chi connectivity index (χ4v) is 5.89. The summed E-state index contributed by atoms with van der Waals surface area (Å²) in [5, 5.41) is 1.31. The number of rotatable bonds is 4. The molecule has 3 nitrogen and oxygen atoms in total. The third-order valence-electron chi connectivity index (χ3n) is 6.47. The minimum absolute atomic E-state index is 0.708. The quantitative estimate of drug-likeness (QED) is 0.836. The summed E-state index contributed by atoms with van der Waals surface area (Å²) in [4.78, 5) is 11.5. The van der Waals surface area contributed by atoms with Crippen LogP contribution < -0.4 is 0 Å².